The summed E-state index contributed by atoms with van der Waals surface area (Å²) in [7, 11) is 0. The van der Waals surface area contributed by atoms with Crippen LogP contribution >= 0.6 is 0 Å². The summed E-state index contributed by atoms with van der Waals surface area (Å²) in [6.07, 6.45) is 8.25. The van der Waals surface area contributed by atoms with Gasteiger partial charge in [-0.25, -0.2) is 0 Å². The lowest BCUT2D eigenvalue weighted by molar-refractivity contribution is -0.126. The Labute approximate surface area is 92.6 Å². The lowest BCUT2D eigenvalue weighted by Crippen LogP contribution is -2.38. The van der Waals surface area contributed by atoms with Crippen molar-refractivity contribution in [2.75, 3.05) is 13.2 Å². The Bertz CT molecular complexity index is 176. The van der Waals surface area contributed by atoms with Gasteiger partial charge in [-0.15, -0.1) is 0 Å². The van der Waals surface area contributed by atoms with Crippen molar-refractivity contribution in [1.29, 1.82) is 0 Å². The van der Waals surface area contributed by atoms with Crippen molar-refractivity contribution in [3.05, 3.63) is 0 Å². The normalized spacial score (nSPS) is 17.7. The summed E-state index contributed by atoms with van der Waals surface area (Å²) in [5, 5.41) is 3.03. The number of hydrogen-bond acceptors (Lipinski definition) is 2. The molecule has 0 heterocycles. The Morgan fingerprint density at radius 3 is 2.73 bits per heavy atom. The predicted octanol–water partition coefficient (Wildman–Crippen LogP) is 2.25. The number of carbonyl (C=O) groups is 1. The SMILES string of the molecule is CCCCOCC(=O)NC1CCCCC1. The van der Waals surface area contributed by atoms with E-state index in [0.29, 0.717) is 12.6 Å². The van der Waals surface area contributed by atoms with Crippen molar-refractivity contribution in [3.63, 3.8) is 0 Å². The van der Waals surface area contributed by atoms with E-state index in [1.807, 2.05) is 0 Å². The molecule has 0 radical (unpaired) electrons. The third kappa shape index (κ3) is 5.78. The largest absolute Gasteiger partial charge is 0.372 e. The molecule has 1 aliphatic rings. The summed E-state index contributed by atoms with van der Waals surface area (Å²) in [5.74, 6) is 0.0537. The molecule has 1 rings (SSSR count). The van der Waals surface area contributed by atoms with Crippen molar-refractivity contribution in [2.45, 2.75) is 57.9 Å². The maximum Gasteiger partial charge on any atom is 0.246 e. The van der Waals surface area contributed by atoms with Crippen molar-refractivity contribution in [1.82, 2.24) is 5.32 Å². The van der Waals surface area contributed by atoms with Gasteiger partial charge in [0.1, 0.15) is 6.61 Å². The molecule has 0 aliphatic heterocycles. The standard InChI is InChI=1S/C12H23NO2/c1-2-3-9-15-10-12(14)13-11-7-5-4-6-8-11/h11H,2-10H2,1H3,(H,13,14). The molecule has 0 saturated heterocycles. The van der Waals surface area contributed by atoms with Crippen LogP contribution in [0, 0.1) is 0 Å². The quantitative estimate of drug-likeness (QED) is 0.687. The molecule has 1 fully saturated rings. The highest BCUT2D eigenvalue weighted by Gasteiger charge is 2.15. The first-order chi connectivity index (χ1) is 7.33. The first-order valence-electron chi connectivity index (χ1n) is 6.20. The molecule has 1 amide bonds. The maximum absolute atomic E-state index is 11.4. The van der Waals surface area contributed by atoms with Crippen molar-refractivity contribution < 1.29 is 9.53 Å². The lowest BCUT2D eigenvalue weighted by Gasteiger charge is -2.22. The van der Waals surface area contributed by atoms with Gasteiger partial charge in [0.05, 0.1) is 0 Å². The lowest BCUT2D eigenvalue weighted by atomic mass is 9.95. The van der Waals surface area contributed by atoms with Crippen LogP contribution < -0.4 is 5.32 Å². The molecule has 1 saturated carbocycles. The van der Waals surface area contributed by atoms with Gasteiger partial charge in [-0.3, -0.25) is 4.79 Å². The number of amides is 1. The maximum atomic E-state index is 11.4. The zero-order chi connectivity index (χ0) is 10.9. The second kappa shape index (κ2) is 7.69. The first-order valence-corrected chi connectivity index (χ1v) is 6.20. The number of nitrogens with one attached hydrogen (secondary N) is 1. The van der Waals surface area contributed by atoms with E-state index in [1.165, 1.54) is 19.3 Å². The van der Waals surface area contributed by atoms with Crippen LogP contribution in [0.5, 0.6) is 0 Å². The fraction of sp³-hybridized carbons (Fsp3) is 0.917. The summed E-state index contributed by atoms with van der Waals surface area (Å²) >= 11 is 0. The number of rotatable bonds is 6. The zero-order valence-corrected chi connectivity index (χ0v) is 9.76. The Balaban J connectivity index is 2.01. The second-order valence-electron chi connectivity index (χ2n) is 4.31. The van der Waals surface area contributed by atoms with Crippen LogP contribution in [0.1, 0.15) is 51.9 Å². The molecule has 3 heteroatoms. The minimum Gasteiger partial charge on any atom is -0.372 e. The van der Waals surface area contributed by atoms with Crippen molar-refractivity contribution in [2.24, 2.45) is 0 Å². The molecule has 3 nitrogen and oxygen atoms in total. The molecule has 1 aliphatic carbocycles. The molecule has 0 aromatic heterocycles. The average molecular weight is 213 g/mol. The molecule has 0 aromatic carbocycles. The highest BCUT2D eigenvalue weighted by Crippen LogP contribution is 2.17. The Kier molecular flexibility index (Phi) is 6.41. The zero-order valence-electron chi connectivity index (χ0n) is 9.76. The number of carbonyl (C=O) groups excluding carboxylic acids is 1. The summed E-state index contributed by atoms with van der Waals surface area (Å²) in [4.78, 5) is 11.4. The van der Waals surface area contributed by atoms with Crippen LogP contribution in [-0.2, 0) is 9.53 Å². The van der Waals surface area contributed by atoms with Gasteiger partial charge in [0.15, 0.2) is 0 Å². The highest BCUT2D eigenvalue weighted by molar-refractivity contribution is 5.77. The molecular formula is C12H23NO2. The van der Waals surface area contributed by atoms with Gasteiger partial charge < -0.3 is 10.1 Å². The number of hydrogen-bond donors (Lipinski definition) is 1. The summed E-state index contributed by atoms with van der Waals surface area (Å²) in [6.45, 7) is 3.05. The molecule has 1 N–H and O–H groups in total. The number of ether oxygens (including phenoxy) is 1. The summed E-state index contributed by atoms with van der Waals surface area (Å²) in [6, 6.07) is 0.404. The monoisotopic (exact) mass is 213 g/mol. The fourth-order valence-corrected chi connectivity index (χ4v) is 1.93. The van der Waals surface area contributed by atoms with Crippen LogP contribution in [0.25, 0.3) is 0 Å². The van der Waals surface area contributed by atoms with Crippen LogP contribution in [0.2, 0.25) is 0 Å². The molecule has 88 valence electrons. The molecule has 0 spiro atoms. The van der Waals surface area contributed by atoms with E-state index in [2.05, 4.69) is 12.2 Å². The summed E-state index contributed by atoms with van der Waals surface area (Å²) in [5.41, 5.74) is 0. The molecule has 0 atom stereocenters. The van der Waals surface area contributed by atoms with E-state index in [1.54, 1.807) is 0 Å². The molecule has 0 bridgehead atoms. The van der Waals surface area contributed by atoms with Gasteiger partial charge in [0, 0.05) is 12.6 Å². The van der Waals surface area contributed by atoms with Crippen LogP contribution in [0.15, 0.2) is 0 Å². The smallest absolute Gasteiger partial charge is 0.246 e. The van der Waals surface area contributed by atoms with Gasteiger partial charge in [-0.2, -0.15) is 0 Å². The number of unbranched alkanes of at least 4 members (excludes halogenated alkanes) is 1. The molecule has 15 heavy (non-hydrogen) atoms. The molecular weight excluding hydrogens is 190 g/mol. The van der Waals surface area contributed by atoms with E-state index in [9.17, 15) is 4.79 Å². The van der Waals surface area contributed by atoms with E-state index in [-0.39, 0.29) is 12.5 Å². The topological polar surface area (TPSA) is 38.3 Å². The first kappa shape index (κ1) is 12.5. The van der Waals surface area contributed by atoms with E-state index < -0.39 is 0 Å². The second-order valence-corrected chi connectivity index (χ2v) is 4.31. The third-order valence-corrected chi connectivity index (χ3v) is 2.85. The fourth-order valence-electron chi connectivity index (χ4n) is 1.93. The van der Waals surface area contributed by atoms with E-state index in [0.717, 1.165) is 25.7 Å². The van der Waals surface area contributed by atoms with E-state index in [4.69, 9.17) is 4.74 Å². The Hall–Kier alpha value is -0.570. The van der Waals surface area contributed by atoms with Crippen molar-refractivity contribution in [3.8, 4) is 0 Å². The minimum absolute atomic E-state index is 0.0537. The predicted molar refractivity (Wildman–Crippen MR) is 60.7 cm³/mol. The Morgan fingerprint density at radius 2 is 2.07 bits per heavy atom. The Morgan fingerprint density at radius 1 is 1.33 bits per heavy atom. The minimum atomic E-state index is 0.0537. The molecule has 0 unspecified atom stereocenters. The van der Waals surface area contributed by atoms with Crippen LogP contribution in [0.4, 0.5) is 0 Å². The van der Waals surface area contributed by atoms with Crippen molar-refractivity contribution >= 4 is 5.91 Å². The van der Waals surface area contributed by atoms with Gasteiger partial charge >= 0.3 is 0 Å². The van der Waals surface area contributed by atoms with Crippen LogP contribution in [0.3, 0.4) is 0 Å². The third-order valence-electron chi connectivity index (χ3n) is 2.85. The summed E-state index contributed by atoms with van der Waals surface area (Å²) < 4.78 is 5.27. The van der Waals surface area contributed by atoms with Gasteiger partial charge in [0.25, 0.3) is 0 Å². The van der Waals surface area contributed by atoms with Crippen LogP contribution in [-0.4, -0.2) is 25.2 Å². The van der Waals surface area contributed by atoms with Gasteiger partial charge in [-0.05, 0) is 19.3 Å². The van der Waals surface area contributed by atoms with Gasteiger partial charge in [-0.1, -0.05) is 32.6 Å². The van der Waals surface area contributed by atoms with Gasteiger partial charge in [0.2, 0.25) is 5.91 Å². The van der Waals surface area contributed by atoms with E-state index >= 15 is 0 Å². The molecule has 0 aromatic rings. The average Bonchev–Trinajstić information content (AvgIpc) is 2.26. The highest BCUT2D eigenvalue weighted by atomic mass is 16.5.